The first-order valence-corrected chi connectivity index (χ1v) is 9.09. The molecule has 138 valence electrons. The van der Waals surface area contributed by atoms with E-state index in [-0.39, 0.29) is 24.3 Å². The van der Waals surface area contributed by atoms with Crippen molar-refractivity contribution >= 4 is 23.4 Å². The molecule has 3 rings (SSSR count). The van der Waals surface area contributed by atoms with E-state index in [1.165, 1.54) is 0 Å². The van der Waals surface area contributed by atoms with E-state index >= 15 is 0 Å². The molecule has 6 nitrogen and oxygen atoms in total. The molecule has 0 aliphatic carbocycles. The number of nitrogens with one attached hydrogen (secondary N) is 1. The van der Waals surface area contributed by atoms with E-state index in [4.69, 9.17) is 16.1 Å². The average molecular weight is 376 g/mol. The first-order chi connectivity index (χ1) is 12.4. The minimum atomic E-state index is -0.443. The van der Waals surface area contributed by atoms with Crippen molar-refractivity contribution in [2.24, 2.45) is 0 Å². The number of hydrogen-bond donors (Lipinski definition) is 1. The molecule has 2 unspecified atom stereocenters. The van der Waals surface area contributed by atoms with Gasteiger partial charge in [0.2, 0.25) is 11.8 Å². The van der Waals surface area contributed by atoms with Crippen LogP contribution in [0.4, 0.5) is 0 Å². The number of likely N-dealkylation sites (tertiary alicyclic amines) is 1. The van der Waals surface area contributed by atoms with Crippen LogP contribution >= 0.6 is 11.6 Å². The fraction of sp³-hybridized carbons (Fsp3) is 0.421. The Balaban J connectivity index is 1.62. The average Bonchev–Trinajstić information content (AvgIpc) is 3.24. The van der Waals surface area contributed by atoms with Crippen LogP contribution in [0.3, 0.4) is 0 Å². The zero-order valence-corrected chi connectivity index (χ0v) is 15.6. The van der Waals surface area contributed by atoms with Crippen molar-refractivity contribution < 1.29 is 14.1 Å². The molecule has 1 aromatic heterocycles. The Morgan fingerprint density at radius 3 is 2.77 bits per heavy atom. The Morgan fingerprint density at radius 2 is 2.12 bits per heavy atom. The molecule has 1 aliphatic rings. The number of nitrogens with zero attached hydrogens (tertiary/aromatic N) is 2. The van der Waals surface area contributed by atoms with Crippen molar-refractivity contribution in [2.45, 2.75) is 45.2 Å². The zero-order valence-electron chi connectivity index (χ0n) is 14.9. The summed E-state index contributed by atoms with van der Waals surface area (Å²) in [7, 11) is 0. The van der Waals surface area contributed by atoms with E-state index in [1.54, 1.807) is 23.1 Å². The number of hydrogen-bond acceptors (Lipinski definition) is 4. The number of aromatic nitrogens is 1. The highest BCUT2D eigenvalue weighted by Gasteiger charge is 2.34. The molecular weight excluding hydrogens is 354 g/mol. The number of rotatable bonds is 5. The van der Waals surface area contributed by atoms with Crippen LogP contribution in [0.5, 0.6) is 0 Å². The molecule has 0 bridgehead atoms. The third-order valence-corrected chi connectivity index (χ3v) is 4.86. The van der Waals surface area contributed by atoms with Gasteiger partial charge in [-0.15, -0.1) is 0 Å². The van der Waals surface area contributed by atoms with E-state index in [0.29, 0.717) is 23.7 Å². The van der Waals surface area contributed by atoms with Crippen molar-refractivity contribution in [3.8, 4) is 0 Å². The largest absolute Gasteiger partial charge is 0.361 e. The molecule has 1 fully saturated rings. The van der Waals surface area contributed by atoms with Gasteiger partial charge in [-0.1, -0.05) is 28.9 Å². The van der Waals surface area contributed by atoms with Gasteiger partial charge in [0.1, 0.15) is 11.8 Å². The summed E-state index contributed by atoms with van der Waals surface area (Å²) < 4.78 is 5.11. The lowest BCUT2D eigenvalue weighted by Gasteiger charge is -2.25. The van der Waals surface area contributed by atoms with Gasteiger partial charge in [0.05, 0.1) is 18.2 Å². The Morgan fingerprint density at radius 1 is 1.38 bits per heavy atom. The fourth-order valence-electron chi connectivity index (χ4n) is 3.23. The van der Waals surface area contributed by atoms with Crippen molar-refractivity contribution in [1.29, 1.82) is 0 Å². The molecule has 2 atom stereocenters. The Labute approximate surface area is 157 Å². The maximum absolute atomic E-state index is 12.7. The van der Waals surface area contributed by atoms with Crippen LogP contribution in [-0.2, 0) is 16.0 Å². The molecule has 1 N–H and O–H groups in total. The summed E-state index contributed by atoms with van der Waals surface area (Å²) in [5, 5.41) is 7.45. The first-order valence-electron chi connectivity index (χ1n) is 8.71. The van der Waals surface area contributed by atoms with Gasteiger partial charge >= 0.3 is 0 Å². The number of halogens is 1. The molecule has 2 amide bonds. The number of carbonyl (C=O) groups is 2. The summed E-state index contributed by atoms with van der Waals surface area (Å²) in [5.74, 6) is 0.276. The first kappa shape index (κ1) is 18.5. The van der Waals surface area contributed by atoms with E-state index < -0.39 is 6.04 Å². The number of amides is 2. The lowest BCUT2D eigenvalue weighted by Crippen LogP contribution is -2.47. The van der Waals surface area contributed by atoms with Crippen LogP contribution in [0.1, 0.15) is 42.8 Å². The Hall–Kier alpha value is -2.34. The van der Waals surface area contributed by atoms with E-state index in [9.17, 15) is 9.59 Å². The van der Waals surface area contributed by atoms with Gasteiger partial charge in [-0.05, 0) is 44.4 Å². The molecule has 0 radical (unpaired) electrons. The van der Waals surface area contributed by atoms with Crippen LogP contribution in [-0.4, -0.2) is 34.5 Å². The molecule has 26 heavy (non-hydrogen) atoms. The van der Waals surface area contributed by atoms with Crippen LogP contribution in [0.15, 0.2) is 34.9 Å². The summed E-state index contributed by atoms with van der Waals surface area (Å²) in [6, 6.07) is 8.50. The predicted molar refractivity (Wildman–Crippen MR) is 97.7 cm³/mol. The lowest BCUT2D eigenvalue weighted by molar-refractivity contribution is -0.138. The van der Waals surface area contributed by atoms with Crippen LogP contribution in [0, 0.1) is 6.92 Å². The second-order valence-electron chi connectivity index (χ2n) is 6.64. The van der Waals surface area contributed by atoms with Crippen molar-refractivity contribution in [1.82, 2.24) is 15.4 Å². The minimum Gasteiger partial charge on any atom is -0.361 e. The molecule has 1 aromatic carbocycles. The van der Waals surface area contributed by atoms with Gasteiger partial charge in [-0.3, -0.25) is 9.59 Å². The number of aryl methyl sites for hydroxylation is 1. The third kappa shape index (κ3) is 4.25. The highest BCUT2D eigenvalue weighted by molar-refractivity contribution is 6.30. The minimum absolute atomic E-state index is 0.113. The summed E-state index contributed by atoms with van der Waals surface area (Å²) in [4.78, 5) is 26.9. The maximum Gasteiger partial charge on any atom is 0.243 e. The second kappa shape index (κ2) is 7.91. The van der Waals surface area contributed by atoms with Crippen LogP contribution < -0.4 is 5.32 Å². The summed E-state index contributed by atoms with van der Waals surface area (Å²) >= 11 is 5.90. The topological polar surface area (TPSA) is 75.4 Å². The quantitative estimate of drug-likeness (QED) is 0.871. The van der Waals surface area contributed by atoms with Gasteiger partial charge in [-0.25, -0.2) is 0 Å². The third-order valence-electron chi connectivity index (χ3n) is 4.61. The monoisotopic (exact) mass is 375 g/mol. The Kier molecular flexibility index (Phi) is 5.61. The predicted octanol–water partition coefficient (Wildman–Crippen LogP) is 3.05. The highest BCUT2D eigenvalue weighted by Crippen LogP contribution is 2.21. The number of benzene rings is 1. The van der Waals surface area contributed by atoms with Crippen molar-refractivity contribution in [3.63, 3.8) is 0 Å². The Bertz CT molecular complexity index is 788. The molecule has 2 aromatic rings. The molecule has 0 saturated carbocycles. The highest BCUT2D eigenvalue weighted by atomic mass is 35.5. The van der Waals surface area contributed by atoms with Gasteiger partial charge in [-0.2, -0.15) is 0 Å². The van der Waals surface area contributed by atoms with Crippen molar-refractivity contribution in [3.05, 3.63) is 52.4 Å². The van der Waals surface area contributed by atoms with Gasteiger partial charge in [0.15, 0.2) is 0 Å². The summed E-state index contributed by atoms with van der Waals surface area (Å²) in [6.45, 7) is 4.31. The molecule has 1 aliphatic heterocycles. The normalized spacial score (nSPS) is 18.0. The molecule has 7 heteroatoms. The van der Waals surface area contributed by atoms with E-state index in [2.05, 4.69) is 10.5 Å². The standard InChI is InChI=1S/C19H22ClN3O3/c1-12-10-16(26-22-12)11-18(24)23-9-3-4-17(23)19(25)21-13(2)14-5-7-15(20)8-6-14/h5-8,10,13,17H,3-4,9,11H2,1-2H3,(H,21,25). The molecule has 2 heterocycles. The zero-order chi connectivity index (χ0) is 18.7. The summed E-state index contributed by atoms with van der Waals surface area (Å²) in [5.41, 5.74) is 1.70. The lowest BCUT2D eigenvalue weighted by atomic mass is 10.1. The van der Waals surface area contributed by atoms with E-state index in [0.717, 1.165) is 17.7 Å². The second-order valence-corrected chi connectivity index (χ2v) is 7.07. The number of carbonyl (C=O) groups excluding carboxylic acids is 2. The van der Waals surface area contributed by atoms with Gasteiger partial charge in [0, 0.05) is 17.6 Å². The van der Waals surface area contributed by atoms with Gasteiger partial charge in [0.25, 0.3) is 0 Å². The smallest absolute Gasteiger partial charge is 0.243 e. The SMILES string of the molecule is Cc1cc(CC(=O)N2CCCC2C(=O)NC(C)c2ccc(Cl)cc2)on1. The van der Waals surface area contributed by atoms with Crippen molar-refractivity contribution in [2.75, 3.05) is 6.54 Å². The van der Waals surface area contributed by atoms with Crippen LogP contribution in [0.2, 0.25) is 5.02 Å². The van der Waals surface area contributed by atoms with E-state index in [1.807, 2.05) is 26.0 Å². The molecular formula is C19H22ClN3O3. The maximum atomic E-state index is 12.7. The molecule has 1 saturated heterocycles. The van der Waals surface area contributed by atoms with Gasteiger partial charge < -0.3 is 14.7 Å². The van der Waals surface area contributed by atoms with Crippen LogP contribution in [0.25, 0.3) is 0 Å². The summed E-state index contributed by atoms with van der Waals surface area (Å²) in [6.07, 6.45) is 1.60. The molecule has 0 spiro atoms. The fourth-order valence-corrected chi connectivity index (χ4v) is 3.36.